The normalized spacial score (nSPS) is 10.2. The van der Waals surface area contributed by atoms with Crippen LogP contribution in [0.3, 0.4) is 0 Å². The fourth-order valence-electron chi connectivity index (χ4n) is 1.90. The number of methoxy groups -OCH3 is 1. The highest BCUT2D eigenvalue weighted by Crippen LogP contribution is 2.27. The number of ether oxygens (including phenoxy) is 1. The molecular formula is C14H15NO2. The second-order valence-electron chi connectivity index (χ2n) is 3.72. The van der Waals surface area contributed by atoms with Gasteiger partial charge in [0.2, 0.25) is 0 Å². The second kappa shape index (κ2) is 4.87. The van der Waals surface area contributed by atoms with E-state index in [9.17, 15) is 4.79 Å². The maximum atomic E-state index is 12.0. The van der Waals surface area contributed by atoms with Gasteiger partial charge in [-0.15, -0.1) is 0 Å². The van der Waals surface area contributed by atoms with Crippen molar-refractivity contribution >= 4 is 16.7 Å². The van der Waals surface area contributed by atoms with Gasteiger partial charge >= 0.3 is 0 Å². The Kier molecular flexibility index (Phi) is 3.28. The summed E-state index contributed by atoms with van der Waals surface area (Å²) in [5, 5.41) is 4.76. The molecule has 0 radical (unpaired) electrons. The molecule has 3 nitrogen and oxygen atoms in total. The lowest BCUT2D eigenvalue weighted by molar-refractivity contribution is 0.0954. The van der Waals surface area contributed by atoms with Gasteiger partial charge in [0, 0.05) is 6.54 Å². The quantitative estimate of drug-likeness (QED) is 0.878. The van der Waals surface area contributed by atoms with Crippen LogP contribution in [-0.2, 0) is 0 Å². The first kappa shape index (κ1) is 11.5. The first-order valence-corrected chi connectivity index (χ1v) is 5.62. The summed E-state index contributed by atoms with van der Waals surface area (Å²) < 4.78 is 5.26. The number of benzene rings is 2. The number of nitrogens with one attached hydrogen (secondary N) is 1. The molecule has 1 amide bonds. The minimum absolute atomic E-state index is 0.0962. The van der Waals surface area contributed by atoms with E-state index in [1.807, 2.05) is 43.3 Å². The van der Waals surface area contributed by atoms with Crippen molar-refractivity contribution in [3.05, 3.63) is 42.0 Å². The summed E-state index contributed by atoms with van der Waals surface area (Å²) in [7, 11) is 1.58. The number of hydrogen-bond donors (Lipinski definition) is 1. The Bertz CT molecular complexity index is 549. The highest BCUT2D eigenvalue weighted by molar-refractivity contribution is 6.09. The highest BCUT2D eigenvalue weighted by Gasteiger charge is 2.14. The highest BCUT2D eigenvalue weighted by atomic mass is 16.5. The van der Waals surface area contributed by atoms with Gasteiger partial charge in [0.05, 0.1) is 12.7 Å². The average Bonchev–Trinajstić information content (AvgIpc) is 2.37. The van der Waals surface area contributed by atoms with Gasteiger partial charge in [-0.05, 0) is 23.8 Å². The van der Waals surface area contributed by atoms with Crippen molar-refractivity contribution < 1.29 is 9.53 Å². The molecule has 0 atom stereocenters. The summed E-state index contributed by atoms with van der Waals surface area (Å²) in [4.78, 5) is 12.0. The molecule has 2 rings (SSSR count). The molecule has 2 aromatic carbocycles. The number of fused-ring (bicyclic) bond motifs is 1. The molecule has 0 aromatic heterocycles. The van der Waals surface area contributed by atoms with E-state index in [0.29, 0.717) is 17.9 Å². The molecular weight excluding hydrogens is 214 g/mol. The Morgan fingerprint density at radius 3 is 2.71 bits per heavy atom. The fourth-order valence-corrected chi connectivity index (χ4v) is 1.90. The molecule has 0 unspecified atom stereocenters. The number of hydrogen-bond acceptors (Lipinski definition) is 2. The van der Waals surface area contributed by atoms with Gasteiger partial charge in [0.1, 0.15) is 5.75 Å². The van der Waals surface area contributed by atoms with Gasteiger partial charge in [-0.2, -0.15) is 0 Å². The molecule has 0 fully saturated rings. The van der Waals surface area contributed by atoms with Gasteiger partial charge in [-0.25, -0.2) is 0 Å². The van der Waals surface area contributed by atoms with Crippen molar-refractivity contribution in [2.45, 2.75) is 6.92 Å². The van der Waals surface area contributed by atoms with E-state index < -0.39 is 0 Å². The van der Waals surface area contributed by atoms with Crippen LogP contribution >= 0.6 is 0 Å². The monoisotopic (exact) mass is 229 g/mol. The average molecular weight is 229 g/mol. The van der Waals surface area contributed by atoms with Crippen molar-refractivity contribution in [3.8, 4) is 5.75 Å². The molecule has 88 valence electrons. The van der Waals surface area contributed by atoms with Gasteiger partial charge in [-0.1, -0.05) is 30.3 Å². The van der Waals surface area contributed by atoms with Gasteiger partial charge in [0.15, 0.2) is 0 Å². The SMILES string of the molecule is CCNC(=O)c1c(OC)ccc2ccccc12. The molecule has 0 aliphatic carbocycles. The third-order valence-electron chi connectivity index (χ3n) is 2.68. The first-order chi connectivity index (χ1) is 8.27. The molecule has 2 aromatic rings. The maximum absolute atomic E-state index is 12.0. The Balaban J connectivity index is 2.67. The van der Waals surface area contributed by atoms with Crippen LogP contribution in [0.2, 0.25) is 0 Å². The molecule has 1 N–H and O–H groups in total. The van der Waals surface area contributed by atoms with Crippen molar-refractivity contribution in [1.29, 1.82) is 0 Å². The lowest BCUT2D eigenvalue weighted by Crippen LogP contribution is -2.23. The third-order valence-corrected chi connectivity index (χ3v) is 2.68. The Labute approximate surface area is 100 Å². The van der Waals surface area contributed by atoms with E-state index in [0.717, 1.165) is 10.8 Å². The van der Waals surface area contributed by atoms with Crippen molar-refractivity contribution in [2.24, 2.45) is 0 Å². The van der Waals surface area contributed by atoms with Crippen LogP contribution in [0, 0.1) is 0 Å². The van der Waals surface area contributed by atoms with E-state index in [2.05, 4.69) is 5.32 Å². The van der Waals surface area contributed by atoms with Gasteiger partial charge < -0.3 is 10.1 Å². The number of carbonyl (C=O) groups is 1. The van der Waals surface area contributed by atoms with Gasteiger partial charge in [0.25, 0.3) is 5.91 Å². The molecule has 0 saturated carbocycles. The van der Waals surface area contributed by atoms with E-state index in [1.165, 1.54) is 0 Å². The maximum Gasteiger partial charge on any atom is 0.255 e. The first-order valence-electron chi connectivity index (χ1n) is 5.62. The predicted molar refractivity (Wildman–Crippen MR) is 68.5 cm³/mol. The van der Waals surface area contributed by atoms with Crippen LogP contribution in [0.5, 0.6) is 5.75 Å². The zero-order valence-corrected chi connectivity index (χ0v) is 9.99. The Morgan fingerprint density at radius 2 is 2.00 bits per heavy atom. The second-order valence-corrected chi connectivity index (χ2v) is 3.72. The predicted octanol–water partition coefficient (Wildman–Crippen LogP) is 2.60. The Hall–Kier alpha value is -2.03. The van der Waals surface area contributed by atoms with Crippen LogP contribution in [0.1, 0.15) is 17.3 Å². The minimum atomic E-state index is -0.0962. The fraction of sp³-hybridized carbons (Fsp3) is 0.214. The summed E-state index contributed by atoms with van der Waals surface area (Å²) in [6, 6.07) is 11.6. The van der Waals surface area contributed by atoms with Crippen molar-refractivity contribution in [3.63, 3.8) is 0 Å². The topological polar surface area (TPSA) is 38.3 Å². The molecule has 0 saturated heterocycles. The smallest absolute Gasteiger partial charge is 0.255 e. The lowest BCUT2D eigenvalue weighted by Gasteiger charge is -2.11. The zero-order chi connectivity index (χ0) is 12.3. The van der Waals surface area contributed by atoms with E-state index in [1.54, 1.807) is 7.11 Å². The molecule has 0 aliphatic rings. The largest absolute Gasteiger partial charge is 0.496 e. The van der Waals surface area contributed by atoms with Crippen molar-refractivity contribution in [1.82, 2.24) is 5.32 Å². The third kappa shape index (κ3) is 2.09. The van der Waals surface area contributed by atoms with E-state index in [-0.39, 0.29) is 5.91 Å². The van der Waals surface area contributed by atoms with Crippen molar-refractivity contribution in [2.75, 3.05) is 13.7 Å². The van der Waals surface area contributed by atoms with Crippen LogP contribution < -0.4 is 10.1 Å². The minimum Gasteiger partial charge on any atom is -0.496 e. The Morgan fingerprint density at radius 1 is 1.24 bits per heavy atom. The molecule has 0 heterocycles. The molecule has 3 heteroatoms. The number of rotatable bonds is 3. The summed E-state index contributed by atoms with van der Waals surface area (Å²) in [6.07, 6.45) is 0. The summed E-state index contributed by atoms with van der Waals surface area (Å²) >= 11 is 0. The number of amides is 1. The van der Waals surface area contributed by atoms with Gasteiger partial charge in [-0.3, -0.25) is 4.79 Å². The summed E-state index contributed by atoms with van der Waals surface area (Å²) in [5.74, 6) is 0.510. The molecule has 0 aliphatic heterocycles. The summed E-state index contributed by atoms with van der Waals surface area (Å²) in [5.41, 5.74) is 0.604. The van der Waals surface area contributed by atoms with Crippen LogP contribution in [0.15, 0.2) is 36.4 Å². The van der Waals surface area contributed by atoms with E-state index in [4.69, 9.17) is 4.74 Å². The lowest BCUT2D eigenvalue weighted by atomic mass is 10.0. The standard InChI is InChI=1S/C14H15NO2/c1-3-15-14(16)13-11-7-5-4-6-10(11)8-9-12(13)17-2/h4-9H,3H2,1-2H3,(H,15,16). The van der Waals surface area contributed by atoms with Crippen LogP contribution in [-0.4, -0.2) is 19.6 Å². The zero-order valence-electron chi connectivity index (χ0n) is 9.99. The molecule has 17 heavy (non-hydrogen) atoms. The number of carbonyl (C=O) groups excluding carboxylic acids is 1. The molecule has 0 spiro atoms. The molecule has 0 bridgehead atoms. The van der Waals surface area contributed by atoms with E-state index >= 15 is 0 Å². The van der Waals surface area contributed by atoms with Crippen LogP contribution in [0.25, 0.3) is 10.8 Å². The summed E-state index contributed by atoms with van der Waals surface area (Å²) in [6.45, 7) is 2.50. The van der Waals surface area contributed by atoms with Crippen LogP contribution in [0.4, 0.5) is 0 Å².